The molecule has 0 aliphatic carbocycles. The van der Waals surface area contributed by atoms with Crippen LogP contribution >= 0.6 is 0 Å². The summed E-state index contributed by atoms with van der Waals surface area (Å²) in [6.45, 7) is 0. The van der Waals surface area contributed by atoms with Crippen molar-refractivity contribution >= 4 is 17.6 Å². The van der Waals surface area contributed by atoms with Crippen LogP contribution in [0.2, 0.25) is 0 Å². The molecule has 2 N–H and O–H groups in total. The maximum absolute atomic E-state index is 12.2. The lowest BCUT2D eigenvalue weighted by atomic mass is 10.1. The van der Waals surface area contributed by atoms with Gasteiger partial charge >= 0.3 is 5.97 Å². The molecule has 0 fully saturated rings. The SMILES string of the molecule is COC(C(=O)Nc1ccnc(C(=O)O)c1)c1ccccc1. The highest BCUT2D eigenvalue weighted by atomic mass is 16.5. The monoisotopic (exact) mass is 286 g/mol. The predicted octanol–water partition coefficient (Wildman–Crippen LogP) is 2.11. The van der Waals surface area contributed by atoms with Crippen molar-refractivity contribution in [2.75, 3.05) is 12.4 Å². The van der Waals surface area contributed by atoms with Gasteiger partial charge in [-0.25, -0.2) is 9.78 Å². The van der Waals surface area contributed by atoms with Crippen molar-refractivity contribution in [3.63, 3.8) is 0 Å². The van der Waals surface area contributed by atoms with Crippen molar-refractivity contribution in [1.82, 2.24) is 4.98 Å². The lowest BCUT2D eigenvalue weighted by Gasteiger charge is -2.15. The molecule has 6 heteroatoms. The number of aromatic nitrogens is 1. The Balaban J connectivity index is 2.16. The second kappa shape index (κ2) is 6.62. The molecule has 0 saturated heterocycles. The number of hydrogen-bond donors (Lipinski definition) is 2. The number of nitrogens with zero attached hydrogens (tertiary/aromatic N) is 1. The summed E-state index contributed by atoms with van der Waals surface area (Å²) >= 11 is 0. The third-order valence-corrected chi connectivity index (χ3v) is 2.82. The number of amides is 1. The number of ether oxygens (including phenoxy) is 1. The molecule has 0 aliphatic rings. The summed E-state index contributed by atoms with van der Waals surface area (Å²) in [5.74, 6) is -1.54. The molecular formula is C15H14N2O4. The van der Waals surface area contributed by atoms with E-state index in [1.165, 1.54) is 25.4 Å². The summed E-state index contributed by atoms with van der Waals surface area (Å²) in [6, 6.07) is 11.8. The first-order chi connectivity index (χ1) is 10.1. The van der Waals surface area contributed by atoms with Gasteiger partial charge in [0.05, 0.1) is 0 Å². The summed E-state index contributed by atoms with van der Waals surface area (Å²) in [4.78, 5) is 26.8. The number of nitrogens with one attached hydrogen (secondary N) is 1. The van der Waals surface area contributed by atoms with Gasteiger partial charge in [0.25, 0.3) is 5.91 Å². The standard InChI is InChI=1S/C15H14N2O4/c1-21-13(10-5-3-2-4-6-10)14(18)17-11-7-8-16-12(9-11)15(19)20/h2-9,13H,1H3,(H,19,20)(H,16,17,18). The summed E-state index contributed by atoms with van der Waals surface area (Å²) in [6.07, 6.45) is 0.552. The van der Waals surface area contributed by atoms with E-state index in [2.05, 4.69) is 10.3 Å². The van der Waals surface area contributed by atoms with Crippen LogP contribution in [0.5, 0.6) is 0 Å². The number of methoxy groups -OCH3 is 1. The molecule has 1 aromatic carbocycles. The van der Waals surface area contributed by atoms with Crippen LogP contribution < -0.4 is 5.32 Å². The molecule has 1 unspecified atom stereocenters. The maximum Gasteiger partial charge on any atom is 0.354 e. The third kappa shape index (κ3) is 3.64. The molecule has 1 atom stereocenters. The van der Waals surface area contributed by atoms with E-state index in [9.17, 15) is 9.59 Å². The van der Waals surface area contributed by atoms with E-state index < -0.39 is 12.1 Å². The quantitative estimate of drug-likeness (QED) is 0.878. The maximum atomic E-state index is 12.2. The minimum absolute atomic E-state index is 0.138. The molecule has 0 bridgehead atoms. The molecule has 0 radical (unpaired) electrons. The van der Waals surface area contributed by atoms with Gasteiger partial charge in [-0.05, 0) is 17.7 Å². The fourth-order valence-corrected chi connectivity index (χ4v) is 1.86. The Hall–Kier alpha value is -2.73. The van der Waals surface area contributed by atoms with E-state index in [1.807, 2.05) is 18.2 Å². The van der Waals surface area contributed by atoms with Crippen LogP contribution in [0.3, 0.4) is 0 Å². The van der Waals surface area contributed by atoms with E-state index in [-0.39, 0.29) is 11.6 Å². The van der Waals surface area contributed by atoms with Gasteiger partial charge in [-0.2, -0.15) is 0 Å². The smallest absolute Gasteiger partial charge is 0.354 e. The minimum Gasteiger partial charge on any atom is -0.477 e. The van der Waals surface area contributed by atoms with Crippen LogP contribution in [0.25, 0.3) is 0 Å². The predicted molar refractivity (Wildman–Crippen MR) is 76.0 cm³/mol. The fraction of sp³-hybridized carbons (Fsp3) is 0.133. The average Bonchev–Trinajstić information content (AvgIpc) is 2.49. The van der Waals surface area contributed by atoms with Crippen LogP contribution in [0.4, 0.5) is 5.69 Å². The van der Waals surface area contributed by atoms with E-state index in [0.29, 0.717) is 11.3 Å². The van der Waals surface area contributed by atoms with Crippen LogP contribution in [0.15, 0.2) is 48.7 Å². The van der Waals surface area contributed by atoms with Crippen molar-refractivity contribution in [2.24, 2.45) is 0 Å². The number of rotatable bonds is 5. The Morgan fingerprint density at radius 1 is 1.24 bits per heavy atom. The van der Waals surface area contributed by atoms with Crippen LogP contribution in [-0.4, -0.2) is 29.1 Å². The number of carbonyl (C=O) groups excluding carboxylic acids is 1. The number of pyridine rings is 1. The Labute approximate surface area is 121 Å². The average molecular weight is 286 g/mol. The van der Waals surface area contributed by atoms with Gasteiger partial charge in [-0.15, -0.1) is 0 Å². The van der Waals surface area contributed by atoms with Gasteiger partial charge in [-0.3, -0.25) is 4.79 Å². The highest BCUT2D eigenvalue weighted by molar-refractivity contribution is 5.96. The molecular weight excluding hydrogens is 272 g/mol. The van der Waals surface area contributed by atoms with Crippen molar-refractivity contribution in [1.29, 1.82) is 0 Å². The van der Waals surface area contributed by atoms with E-state index in [4.69, 9.17) is 9.84 Å². The molecule has 2 rings (SSSR count). The Morgan fingerprint density at radius 3 is 2.57 bits per heavy atom. The molecule has 0 aliphatic heterocycles. The molecule has 1 amide bonds. The first-order valence-corrected chi connectivity index (χ1v) is 6.20. The molecule has 1 aromatic heterocycles. The summed E-state index contributed by atoms with van der Waals surface area (Å²) < 4.78 is 5.20. The molecule has 6 nitrogen and oxygen atoms in total. The summed E-state index contributed by atoms with van der Waals surface area (Å²) in [7, 11) is 1.44. The molecule has 0 saturated carbocycles. The number of hydrogen-bond acceptors (Lipinski definition) is 4. The minimum atomic E-state index is -1.16. The molecule has 1 heterocycles. The fourth-order valence-electron chi connectivity index (χ4n) is 1.86. The van der Waals surface area contributed by atoms with E-state index in [1.54, 1.807) is 12.1 Å². The van der Waals surface area contributed by atoms with Crippen molar-refractivity contribution in [3.05, 3.63) is 59.9 Å². The number of benzene rings is 1. The third-order valence-electron chi connectivity index (χ3n) is 2.82. The number of carboxylic acids is 1. The molecule has 108 valence electrons. The van der Waals surface area contributed by atoms with Crippen LogP contribution in [0.1, 0.15) is 22.2 Å². The summed E-state index contributed by atoms with van der Waals surface area (Å²) in [5.41, 5.74) is 0.928. The van der Waals surface area contributed by atoms with Crippen LogP contribution in [0, 0.1) is 0 Å². The largest absolute Gasteiger partial charge is 0.477 e. The van der Waals surface area contributed by atoms with E-state index >= 15 is 0 Å². The molecule has 21 heavy (non-hydrogen) atoms. The number of aromatic carboxylic acids is 1. The van der Waals surface area contributed by atoms with Gasteiger partial charge in [0.1, 0.15) is 5.69 Å². The number of anilines is 1. The van der Waals surface area contributed by atoms with E-state index in [0.717, 1.165) is 0 Å². The van der Waals surface area contributed by atoms with Crippen molar-refractivity contribution < 1.29 is 19.4 Å². The van der Waals surface area contributed by atoms with Crippen molar-refractivity contribution in [3.8, 4) is 0 Å². The van der Waals surface area contributed by atoms with Gasteiger partial charge in [-0.1, -0.05) is 30.3 Å². The lowest BCUT2D eigenvalue weighted by Crippen LogP contribution is -2.22. The zero-order valence-corrected chi connectivity index (χ0v) is 11.3. The Kier molecular flexibility index (Phi) is 4.63. The second-order valence-corrected chi connectivity index (χ2v) is 4.25. The van der Waals surface area contributed by atoms with Crippen LogP contribution in [-0.2, 0) is 9.53 Å². The zero-order valence-electron chi connectivity index (χ0n) is 11.3. The van der Waals surface area contributed by atoms with Gasteiger partial charge < -0.3 is 15.2 Å². The number of carboxylic acid groups (broad SMARTS) is 1. The number of carbonyl (C=O) groups is 2. The topological polar surface area (TPSA) is 88.5 Å². The highest BCUT2D eigenvalue weighted by Gasteiger charge is 2.20. The highest BCUT2D eigenvalue weighted by Crippen LogP contribution is 2.19. The van der Waals surface area contributed by atoms with Gasteiger partial charge in [0.2, 0.25) is 0 Å². The molecule has 2 aromatic rings. The second-order valence-electron chi connectivity index (χ2n) is 4.25. The summed E-state index contributed by atoms with van der Waals surface area (Å²) in [5, 5.41) is 11.5. The molecule has 0 spiro atoms. The first kappa shape index (κ1) is 14.7. The normalized spacial score (nSPS) is 11.7. The lowest BCUT2D eigenvalue weighted by molar-refractivity contribution is -0.126. The zero-order chi connectivity index (χ0) is 15.2. The Bertz CT molecular complexity index is 643. The Morgan fingerprint density at radius 2 is 1.95 bits per heavy atom. The first-order valence-electron chi connectivity index (χ1n) is 6.20. The van der Waals surface area contributed by atoms with Crippen molar-refractivity contribution in [2.45, 2.75) is 6.10 Å². The van der Waals surface area contributed by atoms with Gasteiger partial charge in [0.15, 0.2) is 6.10 Å². The van der Waals surface area contributed by atoms with Gasteiger partial charge in [0, 0.05) is 19.0 Å².